The molecule has 0 bridgehead atoms. The third kappa shape index (κ3) is 4.83. The molecule has 156 valence electrons. The highest BCUT2D eigenvalue weighted by Crippen LogP contribution is 2.43. The van der Waals surface area contributed by atoms with Crippen LogP contribution in [-0.4, -0.2) is 17.7 Å². The van der Waals surface area contributed by atoms with Gasteiger partial charge in [-0.25, -0.2) is 0 Å². The highest BCUT2D eigenvalue weighted by molar-refractivity contribution is 5.37. The highest BCUT2D eigenvalue weighted by Gasteiger charge is 2.42. The lowest BCUT2D eigenvalue weighted by atomic mass is 9.69. The topological polar surface area (TPSA) is 32.3 Å². The van der Waals surface area contributed by atoms with Gasteiger partial charge in [-0.1, -0.05) is 97.4 Å². The van der Waals surface area contributed by atoms with Crippen molar-refractivity contribution in [3.05, 3.63) is 108 Å². The SMILES string of the molecule is OC(c1ccccc1)(c1ccccc1)[C@H]1CCC[C@@H](NCCCc2ccccc2)C1. The average Bonchev–Trinajstić information content (AvgIpc) is 2.83. The van der Waals surface area contributed by atoms with E-state index in [4.69, 9.17) is 0 Å². The zero-order valence-corrected chi connectivity index (χ0v) is 17.7. The van der Waals surface area contributed by atoms with E-state index in [9.17, 15) is 5.11 Å². The summed E-state index contributed by atoms with van der Waals surface area (Å²) in [4.78, 5) is 0. The molecule has 0 spiro atoms. The van der Waals surface area contributed by atoms with Crippen LogP contribution < -0.4 is 5.32 Å². The lowest BCUT2D eigenvalue weighted by Gasteiger charge is -2.42. The Morgan fingerprint density at radius 1 is 0.767 bits per heavy atom. The maximum atomic E-state index is 12.1. The minimum atomic E-state index is -0.938. The largest absolute Gasteiger partial charge is 0.380 e. The molecule has 4 rings (SSSR count). The Morgan fingerprint density at radius 3 is 1.93 bits per heavy atom. The first-order chi connectivity index (χ1) is 14.8. The minimum Gasteiger partial charge on any atom is -0.380 e. The Hall–Kier alpha value is -2.42. The zero-order valence-electron chi connectivity index (χ0n) is 17.7. The molecule has 1 aliphatic carbocycles. The third-order valence-electron chi connectivity index (χ3n) is 6.61. The van der Waals surface area contributed by atoms with E-state index in [1.807, 2.05) is 36.4 Å². The van der Waals surface area contributed by atoms with Crippen molar-refractivity contribution in [3.8, 4) is 0 Å². The van der Waals surface area contributed by atoms with Crippen molar-refractivity contribution in [2.24, 2.45) is 5.92 Å². The van der Waals surface area contributed by atoms with Crippen LogP contribution in [0.25, 0.3) is 0 Å². The number of nitrogens with one attached hydrogen (secondary N) is 1. The van der Waals surface area contributed by atoms with Crippen molar-refractivity contribution in [2.75, 3.05) is 6.54 Å². The van der Waals surface area contributed by atoms with Gasteiger partial charge in [-0.05, 0) is 61.3 Å². The maximum absolute atomic E-state index is 12.1. The summed E-state index contributed by atoms with van der Waals surface area (Å²) >= 11 is 0. The second-order valence-corrected chi connectivity index (χ2v) is 8.60. The lowest BCUT2D eigenvalue weighted by molar-refractivity contribution is -0.00657. The fourth-order valence-corrected chi connectivity index (χ4v) is 5.02. The summed E-state index contributed by atoms with van der Waals surface area (Å²) in [7, 11) is 0. The first kappa shape index (κ1) is 20.8. The molecule has 1 saturated carbocycles. The summed E-state index contributed by atoms with van der Waals surface area (Å²) < 4.78 is 0. The van der Waals surface area contributed by atoms with Crippen molar-refractivity contribution >= 4 is 0 Å². The first-order valence-electron chi connectivity index (χ1n) is 11.4. The molecule has 0 aromatic heterocycles. The van der Waals surface area contributed by atoms with E-state index in [1.165, 1.54) is 12.0 Å². The van der Waals surface area contributed by atoms with Crippen LogP contribution in [0.3, 0.4) is 0 Å². The Kier molecular flexibility index (Phi) is 6.99. The second kappa shape index (κ2) is 10.1. The summed E-state index contributed by atoms with van der Waals surface area (Å²) in [6.07, 6.45) is 6.67. The van der Waals surface area contributed by atoms with Crippen LogP contribution in [-0.2, 0) is 12.0 Å². The minimum absolute atomic E-state index is 0.211. The van der Waals surface area contributed by atoms with E-state index < -0.39 is 5.60 Å². The van der Waals surface area contributed by atoms with Gasteiger partial charge in [-0.15, -0.1) is 0 Å². The first-order valence-corrected chi connectivity index (χ1v) is 11.4. The van der Waals surface area contributed by atoms with Gasteiger partial charge < -0.3 is 10.4 Å². The number of hydrogen-bond acceptors (Lipinski definition) is 2. The summed E-state index contributed by atoms with van der Waals surface area (Å²) in [6, 6.07) is 31.6. The molecule has 1 aliphatic rings. The molecule has 2 atom stereocenters. The molecule has 0 saturated heterocycles. The molecule has 0 radical (unpaired) electrons. The quantitative estimate of drug-likeness (QED) is 0.476. The van der Waals surface area contributed by atoms with Gasteiger partial charge in [0.1, 0.15) is 5.60 Å². The fraction of sp³-hybridized carbons (Fsp3) is 0.357. The number of benzene rings is 3. The number of aryl methyl sites for hydroxylation is 1. The molecular weight excluding hydrogens is 366 g/mol. The van der Waals surface area contributed by atoms with Gasteiger partial charge >= 0.3 is 0 Å². The van der Waals surface area contributed by atoms with E-state index >= 15 is 0 Å². The number of rotatable bonds is 8. The molecule has 0 aliphatic heterocycles. The third-order valence-corrected chi connectivity index (χ3v) is 6.61. The lowest BCUT2D eigenvalue weighted by Crippen LogP contribution is -2.44. The number of aliphatic hydroxyl groups is 1. The van der Waals surface area contributed by atoms with Crippen LogP contribution in [0.2, 0.25) is 0 Å². The molecule has 0 unspecified atom stereocenters. The summed E-state index contributed by atoms with van der Waals surface area (Å²) in [5.74, 6) is 0.211. The van der Waals surface area contributed by atoms with Gasteiger partial charge in [0.2, 0.25) is 0 Å². The Labute approximate surface area is 181 Å². The predicted octanol–water partition coefficient (Wildman–Crippen LogP) is 5.70. The Morgan fingerprint density at radius 2 is 1.33 bits per heavy atom. The fourth-order valence-electron chi connectivity index (χ4n) is 5.02. The van der Waals surface area contributed by atoms with Crippen LogP contribution in [0.15, 0.2) is 91.0 Å². The van der Waals surface area contributed by atoms with Crippen molar-refractivity contribution in [1.29, 1.82) is 0 Å². The van der Waals surface area contributed by atoms with Crippen molar-refractivity contribution < 1.29 is 5.11 Å². The Bertz CT molecular complexity index is 839. The normalized spacial score (nSPS) is 19.5. The molecule has 30 heavy (non-hydrogen) atoms. The molecule has 0 amide bonds. The van der Waals surface area contributed by atoms with E-state index in [2.05, 4.69) is 59.9 Å². The van der Waals surface area contributed by atoms with Crippen LogP contribution in [0, 0.1) is 5.92 Å². The Balaban J connectivity index is 1.43. The molecule has 3 aromatic rings. The van der Waals surface area contributed by atoms with Crippen LogP contribution in [0.1, 0.15) is 48.8 Å². The second-order valence-electron chi connectivity index (χ2n) is 8.60. The van der Waals surface area contributed by atoms with E-state index in [0.29, 0.717) is 6.04 Å². The van der Waals surface area contributed by atoms with Gasteiger partial charge in [0, 0.05) is 6.04 Å². The van der Waals surface area contributed by atoms with Gasteiger partial charge in [0.05, 0.1) is 0 Å². The molecule has 1 fully saturated rings. The van der Waals surface area contributed by atoms with Crippen molar-refractivity contribution in [3.63, 3.8) is 0 Å². The van der Waals surface area contributed by atoms with Crippen LogP contribution >= 0.6 is 0 Å². The summed E-state index contributed by atoms with van der Waals surface area (Å²) in [5, 5.41) is 15.9. The molecular formula is C28H33NO. The van der Waals surface area contributed by atoms with Gasteiger partial charge in [-0.3, -0.25) is 0 Å². The molecule has 2 heteroatoms. The smallest absolute Gasteiger partial charge is 0.117 e. The van der Waals surface area contributed by atoms with Crippen molar-refractivity contribution in [1.82, 2.24) is 5.32 Å². The average molecular weight is 400 g/mol. The summed E-state index contributed by atoms with van der Waals surface area (Å²) in [5.41, 5.74) is 2.48. The maximum Gasteiger partial charge on any atom is 0.117 e. The standard InChI is InChI=1S/C28H33NO/c30-28(24-15-6-2-7-16-24,25-17-8-3-9-18-25)26-19-10-20-27(22-26)29-21-11-14-23-12-4-1-5-13-23/h1-9,12-13,15-18,26-27,29-30H,10-11,14,19-22H2/t26-,27+/m0/s1. The van der Waals surface area contributed by atoms with E-state index in [-0.39, 0.29) is 5.92 Å². The summed E-state index contributed by atoms with van der Waals surface area (Å²) in [6.45, 7) is 1.03. The predicted molar refractivity (Wildman–Crippen MR) is 124 cm³/mol. The molecule has 0 heterocycles. The van der Waals surface area contributed by atoms with E-state index in [1.54, 1.807) is 0 Å². The van der Waals surface area contributed by atoms with Gasteiger partial charge in [0.25, 0.3) is 0 Å². The van der Waals surface area contributed by atoms with Crippen LogP contribution in [0.5, 0.6) is 0 Å². The molecule has 2 nitrogen and oxygen atoms in total. The highest BCUT2D eigenvalue weighted by atomic mass is 16.3. The number of hydrogen-bond donors (Lipinski definition) is 2. The van der Waals surface area contributed by atoms with Gasteiger partial charge in [-0.2, -0.15) is 0 Å². The molecule has 2 N–H and O–H groups in total. The van der Waals surface area contributed by atoms with E-state index in [0.717, 1.165) is 49.8 Å². The van der Waals surface area contributed by atoms with Crippen molar-refractivity contribution in [2.45, 2.75) is 50.2 Å². The zero-order chi connectivity index (χ0) is 20.7. The van der Waals surface area contributed by atoms with Gasteiger partial charge in [0.15, 0.2) is 0 Å². The molecule has 3 aromatic carbocycles. The van der Waals surface area contributed by atoms with Crippen LogP contribution in [0.4, 0.5) is 0 Å². The monoisotopic (exact) mass is 399 g/mol.